The molecule has 1 aliphatic heterocycles. The zero-order valence-corrected chi connectivity index (χ0v) is 12.4. The molecule has 1 aromatic rings. The summed E-state index contributed by atoms with van der Waals surface area (Å²) >= 11 is 5.82. The van der Waals surface area contributed by atoms with E-state index in [1.165, 1.54) is 19.2 Å². The van der Waals surface area contributed by atoms with Gasteiger partial charge < -0.3 is 15.2 Å². The minimum Gasteiger partial charge on any atom is -0.356 e. The molecule has 2 rings (SSSR count). The summed E-state index contributed by atoms with van der Waals surface area (Å²) in [6.07, 6.45) is 0.458. The van der Waals surface area contributed by atoms with Gasteiger partial charge in [-0.1, -0.05) is 17.7 Å². The molecule has 1 heterocycles. The molecule has 116 valence electrons. The smallest absolute Gasteiger partial charge is 0.228 e. The fourth-order valence-corrected chi connectivity index (χ4v) is 2.58. The lowest BCUT2D eigenvalue weighted by molar-refractivity contribution is -0.186. The highest BCUT2D eigenvalue weighted by molar-refractivity contribution is 6.33. The number of halogens is 2. The van der Waals surface area contributed by atoms with Crippen LogP contribution in [0.3, 0.4) is 0 Å². The van der Waals surface area contributed by atoms with Crippen LogP contribution in [0.1, 0.15) is 12.8 Å². The molecule has 5 nitrogen and oxygen atoms in total. The van der Waals surface area contributed by atoms with Gasteiger partial charge in [0, 0.05) is 20.2 Å². The van der Waals surface area contributed by atoms with E-state index in [1.54, 1.807) is 11.0 Å². The third-order valence-corrected chi connectivity index (χ3v) is 3.94. The van der Waals surface area contributed by atoms with Gasteiger partial charge in [0.15, 0.2) is 0 Å². The number of carbonyl (C=O) groups excluding carboxylic acids is 1. The van der Waals surface area contributed by atoms with E-state index in [-0.39, 0.29) is 22.5 Å². The van der Waals surface area contributed by atoms with Gasteiger partial charge in [0.05, 0.1) is 16.6 Å². The Labute approximate surface area is 127 Å². The van der Waals surface area contributed by atoms with Gasteiger partial charge in [-0.05, 0) is 25.0 Å². The molecule has 7 heteroatoms. The van der Waals surface area contributed by atoms with Crippen LogP contribution in [0.15, 0.2) is 18.2 Å². The number of piperidine rings is 1. The normalized spacial score (nSPS) is 21.0. The highest BCUT2D eigenvalue weighted by Crippen LogP contribution is 2.26. The first kappa shape index (κ1) is 16.2. The second-order valence-corrected chi connectivity index (χ2v) is 5.36. The summed E-state index contributed by atoms with van der Waals surface area (Å²) in [7, 11) is 1.40. The standard InChI is InChI=1S/C14H18ClFN2O3/c1-21-14(20)18-7-3-4-9(8-18)13(19)17-11-6-2-5-10(16)12(11)15/h2,5-6,9,14,20H,3-4,7-8H2,1H3,(H,17,19)/t9-,14?/m0/s1. The number of aliphatic hydroxyl groups is 1. The average Bonchev–Trinajstić information content (AvgIpc) is 2.51. The molecule has 1 unspecified atom stereocenters. The number of hydrogen-bond donors (Lipinski definition) is 2. The molecule has 2 atom stereocenters. The number of methoxy groups -OCH3 is 1. The van der Waals surface area contributed by atoms with Crippen molar-refractivity contribution in [3.8, 4) is 0 Å². The first-order valence-corrected chi connectivity index (χ1v) is 7.10. The predicted octanol–water partition coefficient (Wildman–Crippen LogP) is 2.05. The monoisotopic (exact) mass is 316 g/mol. The van der Waals surface area contributed by atoms with Crippen molar-refractivity contribution < 1.29 is 19.0 Å². The van der Waals surface area contributed by atoms with Gasteiger partial charge >= 0.3 is 0 Å². The van der Waals surface area contributed by atoms with Gasteiger partial charge in [-0.3, -0.25) is 9.69 Å². The van der Waals surface area contributed by atoms with E-state index < -0.39 is 12.2 Å². The zero-order chi connectivity index (χ0) is 15.4. The molecule has 1 aromatic carbocycles. The number of carbonyl (C=O) groups is 1. The number of amides is 1. The molecule has 0 saturated carbocycles. The van der Waals surface area contributed by atoms with Crippen molar-refractivity contribution >= 4 is 23.2 Å². The van der Waals surface area contributed by atoms with E-state index >= 15 is 0 Å². The average molecular weight is 317 g/mol. The third-order valence-electron chi connectivity index (χ3n) is 3.56. The fraction of sp³-hybridized carbons (Fsp3) is 0.500. The summed E-state index contributed by atoms with van der Waals surface area (Å²) in [5.74, 6) is -1.12. The van der Waals surface area contributed by atoms with Crippen LogP contribution in [-0.2, 0) is 9.53 Å². The first-order valence-electron chi connectivity index (χ1n) is 6.72. The summed E-state index contributed by atoms with van der Waals surface area (Å²) < 4.78 is 18.2. The Morgan fingerprint density at radius 2 is 2.38 bits per heavy atom. The van der Waals surface area contributed by atoms with Gasteiger partial charge in [0.1, 0.15) is 5.82 Å². The van der Waals surface area contributed by atoms with E-state index in [0.717, 1.165) is 6.42 Å². The van der Waals surface area contributed by atoms with E-state index in [1.807, 2.05) is 0 Å². The maximum absolute atomic E-state index is 13.3. The highest BCUT2D eigenvalue weighted by atomic mass is 35.5. The topological polar surface area (TPSA) is 61.8 Å². The second-order valence-electron chi connectivity index (χ2n) is 4.99. The lowest BCUT2D eigenvalue weighted by atomic mass is 9.97. The molecular weight excluding hydrogens is 299 g/mol. The largest absolute Gasteiger partial charge is 0.356 e. The zero-order valence-electron chi connectivity index (χ0n) is 11.7. The maximum Gasteiger partial charge on any atom is 0.228 e. The second kappa shape index (κ2) is 7.17. The van der Waals surface area contributed by atoms with Crippen LogP contribution in [0.25, 0.3) is 0 Å². The third kappa shape index (κ3) is 3.91. The summed E-state index contributed by atoms with van der Waals surface area (Å²) in [6, 6.07) is 4.27. The Balaban J connectivity index is 2.01. The summed E-state index contributed by atoms with van der Waals surface area (Å²) in [5.41, 5.74) is 0.256. The lowest BCUT2D eigenvalue weighted by Gasteiger charge is -2.34. The van der Waals surface area contributed by atoms with Crippen molar-refractivity contribution in [2.45, 2.75) is 19.3 Å². The van der Waals surface area contributed by atoms with E-state index in [2.05, 4.69) is 5.32 Å². The SMILES string of the molecule is COC(O)N1CCC[C@H](C(=O)Nc2cccc(F)c2Cl)C1. The number of nitrogens with one attached hydrogen (secondary N) is 1. The molecule has 1 aliphatic rings. The number of aliphatic hydroxyl groups excluding tert-OH is 1. The van der Waals surface area contributed by atoms with Crippen LogP contribution in [-0.4, -0.2) is 42.5 Å². The molecule has 1 amide bonds. The molecule has 21 heavy (non-hydrogen) atoms. The lowest BCUT2D eigenvalue weighted by Crippen LogP contribution is -2.46. The number of anilines is 1. The van der Waals surface area contributed by atoms with Crippen molar-refractivity contribution in [1.82, 2.24) is 4.90 Å². The van der Waals surface area contributed by atoms with Crippen LogP contribution < -0.4 is 5.32 Å². The number of hydrogen-bond acceptors (Lipinski definition) is 4. The van der Waals surface area contributed by atoms with Crippen LogP contribution in [0.5, 0.6) is 0 Å². The molecule has 0 bridgehead atoms. The molecule has 2 N–H and O–H groups in total. The molecule has 0 aromatic heterocycles. The molecule has 0 spiro atoms. The highest BCUT2D eigenvalue weighted by Gasteiger charge is 2.29. The predicted molar refractivity (Wildman–Crippen MR) is 77.4 cm³/mol. The first-order chi connectivity index (χ1) is 10.0. The fourth-order valence-electron chi connectivity index (χ4n) is 2.41. The Kier molecular flexibility index (Phi) is 5.52. The molecular formula is C14H18ClFN2O3. The Morgan fingerprint density at radius 3 is 3.10 bits per heavy atom. The van der Waals surface area contributed by atoms with Crippen LogP contribution >= 0.6 is 11.6 Å². The number of nitrogens with zero attached hydrogens (tertiary/aromatic N) is 1. The Morgan fingerprint density at radius 1 is 1.62 bits per heavy atom. The minimum atomic E-state index is -1.02. The van der Waals surface area contributed by atoms with Crippen molar-refractivity contribution in [2.75, 3.05) is 25.5 Å². The number of likely N-dealkylation sites (tertiary alicyclic amines) is 1. The van der Waals surface area contributed by atoms with Crippen molar-refractivity contribution in [1.29, 1.82) is 0 Å². The quantitative estimate of drug-likeness (QED) is 0.835. The summed E-state index contributed by atoms with van der Waals surface area (Å²) in [6.45, 7) is 1.05. The van der Waals surface area contributed by atoms with Crippen molar-refractivity contribution in [2.24, 2.45) is 5.92 Å². The number of benzene rings is 1. The van der Waals surface area contributed by atoms with Gasteiger partial charge in [-0.15, -0.1) is 0 Å². The number of ether oxygens (including phenoxy) is 1. The minimum absolute atomic E-state index is 0.101. The van der Waals surface area contributed by atoms with Crippen LogP contribution in [0.4, 0.5) is 10.1 Å². The van der Waals surface area contributed by atoms with Crippen molar-refractivity contribution in [3.05, 3.63) is 29.0 Å². The van der Waals surface area contributed by atoms with Crippen molar-refractivity contribution in [3.63, 3.8) is 0 Å². The van der Waals surface area contributed by atoms with Gasteiger partial charge in [0.2, 0.25) is 12.3 Å². The number of rotatable bonds is 4. The molecule has 0 aliphatic carbocycles. The summed E-state index contributed by atoms with van der Waals surface area (Å²) in [4.78, 5) is 13.9. The molecule has 1 saturated heterocycles. The van der Waals surface area contributed by atoms with Crippen LogP contribution in [0.2, 0.25) is 5.02 Å². The maximum atomic E-state index is 13.3. The van der Waals surface area contributed by atoms with Crippen LogP contribution in [0, 0.1) is 11.7 Å². The van der Waals surface area contributed by atoms with Gasteiger partial charge in [-0.2, -0.15) is 0 Å². The molecule has 0 radical (unpaired) electrons. The molecule has 1 fully saturated rings. The Bertz CT molecular complexity index is 515. The summed E-state index contributed by atoms with van der Waals surface area (Å²) in [5, 5.41) is 12.2. The van der Waals surface area contributed by atoms with E-state index in [9.17, 15) is 14.3 Å². The van der Waals surface area contributed by atoms with E-state index in [0.29, 0.717) is 19.5 Å². The van der Waals surface area contributed by atoms with Gasteiger partial charge in [0.25, 0.3) is 0 Å². The Hall–Kier alpha value is -1.21. The van der Waals surface area contributed by atoms with Gasteiger partial charge in [-0.25, -0.2) is 4.39 Å². The van der Waals surface area contributed by atoms with E-state index in [4.69, 9.17) is 16.3 Å².